The zero-order valence-electron chi connectivity index (χ0n) is 39.4. The van der Waals surface area contributed by atoms with Crippen LogP contribution in [0.25, 0.3) is 27.6 Å². The molecule has 5 heteroatoms. The molecule has 1 aliphatic heterocycles. The Hall–Kier alpha value is -5.55. The van der Waals surface area contributed by atoms with Crippen molar-refractivity contribution in [2.75, 3.05) is 16.5 Å². The van der Waals surface area contributed by atoms with Crippen molar-refractivity contribution < 1.29 is 4.74 Å². The smallest absolute Gasteiger partial charge is 0.137 e. The summed E-state index contributed by atoms with van der Waals surface area (Å²) < 4.78 is 9.35. The van der Waals surface area contributed by atoms with Crippen molar-refractivity contribution in [1.29, 1.82) is 0 Å². The Bertz CT molecular complexity index is 2790. The molecule has 2 aromatic heterocycles. The van der Waals surface area contributed by atoms with Crippen molar-refractivity contribution in [2.45, 2.75) is 131 Å². The molecule has 7 aromatic rings. The van der Waals surface area contributed by atoms with Gasteiger partial charge in [0.05, 0.1) is 22.4 Å². The maximum atomic E-state index is 7.02. The first-order valence-electron chi connectivity index (χ1n) is 22.1. The lowest BCUT2D eigenvalue weighted by Crippen LogP contribution is -2.25. The normalized spacial score (nSPS) is 14.0. The van der Waals surface area contributed by atoms with E-state index in [0.717, 1.165) is 34.0 Å². The second-order valence-electron chi connectivity index (χ2n) is 22.5. The molecule has 0 amide bonds. The number of hydrogen-bond donors (Lipinski definition) is 0. The third-order valence-electron chi connectivity index (χ3n) is 12.5. The van der Waals surface area contributed by atoms with E-state index in [9.17, 15) is 0 Å². The largest absolute Gasteiger partial charge is 0.457 e. The number of hydrogen-bond acceptors (Lipinski definition) is 4. The summed E-state index contributed by atoms with van der Waals surface area (Å²) in [5.74, 6) is 2.51. The van der Waals surface area contributed by atoms with Crippen molar-refractivity contribution in [3.05, 3.63) is 143 Å². The summed E-state index contributed by atoms with van der Waals surface area (Å²) >= 11 is 0. The highest BCUT2D eigenvalue weighted by Gasteiger charge is 2.32. The van der Waals surface area contributed by atoms with Crippen LogP contribution in [0.1, 0.15) is 132 Å². The minimum Gasteiger partial charge on any atom is -0.457 e. The average molecular weight is 811 g/mol. The molecule has 0 saturated carbocycles. The predicted molar refractivity (Wildman–Crippen MR) is 261 cm³/mol. The summed E-state index contributed by atoms with van der Waals surface area (Å²) in [7, 11) is 0. The van der Waals surface area contributed by atoms with Gasteiger partial charge in [-0.1, -0.05) is 134 Å². The molecule has 0 atom stereocenters. The summed E-state index contributed by atoms with van der Waals surface area (Å²) in [5, 5.41) is 2.38. The molecule has 316 valence electrons. The van der Waals surface area contributed by atoms with Crippen LogP contribution in [-0.2, 0) is 27.1 Å². The molecule has 61 heavy (non-hydrogen) atoms. The number of ether oxygens (including phenoxy) is 1. The first-order valence-corrected chi connectivity index (χ1v) is 22.1. The molecule has 0 saturated heterocycles. The van der Waals surface area contributed by atoms with Gasteiger partial charge in [0.15, 0.2) is 0 Å². The second kappa shape index (κ2) is 14.5. The minimum atomic E-state index is -0.116. The Morgan fingerprint density at radius 2 is 0.967 bits per heavy atom. The minimum absolute atomic E-state index is 0.000800. The number of fused-ring (bicyclic) bond motifs is 4. The third kappa shape index (κ3) is 8.16. The van der Waals surface area contributed by atoms with E-state index < -0.39 is 0 Å². The molecule has 8 rings (SSSR count). The van der Waals surface area contributed by atoms with Crippen LogP contribution in [0.3, 0.4) is 0 Å². The lowest BCUT2D eigenvalue weighted by molar-refractivity contribution is 0.479. The highest BCUT2D eigenvalue weighted by atomic mass is 16.5. The summed E-state index contributed by atoms with van der Waals surface area (Å²) in [4.78, 5) is 9.92. The summed E-state index contributed by atoms with van der Waals surface area (Å²) in [5.41, 5.74) is 13.2. The number of aromatic nitrogens is 2. The van der Waals surface area contributed by atoms with Crippen molar-refractivity contribution in [1.82, 2.24) is 9.55 Å². The number of rotatable bonds is 5. The van der Waals surface area contributed by atoms with E-state index in [1.165, 1.54) is 55.7 Å². The molecule has 0 bridgehead atoms. The fourth-order valence-corrected chi connectivity index (χ4v) is 8.46. The summed E-state index contributed by atoms with van der Waals surface area (Å²) in [6.45, 7) is 34.9. The van der Waals surface area contributed by atoms with Crippen LogP contribution in [-0.4, -0.2) is 16.2 Å². The van der Waals surface area contributed by atoms with E-state index in [1.807, 2.05) is 6.20 Å². The van der Waals surface area contributed by atoms with Gasteiger partial charge in [-0.05, 0) is 122 Å². The molecular weight excluding hydrogens is 745 g/mol. The average Bonchev–Trinajstić information content (AvgIpc) is 3.71. The Kier molecular flexibility index (Phi) is 10.0. The van der Waals surface area contributed by atoms with Gasteiger partial charge in [-0.2, -0.15) is 0 Å². The fourth-order valence-electron chi connectivity index (χ4n) is 8.46. The molecular formula is C56H66N4O. The quantitative estimate of drug-likeness (QED) is 0.173. The second-order valence-corrected chi connectivity index (χ2v) is 22.5. The maximum absolute atomic E-state index is 7.02. The Morgan fingerprint density at radius 1 is 0.426 bits per heavy atom. The molecule has 0 spiro atoms. The lowest BCUT2D eigenvalue weighted by Gasteiger charge is -2.27. The van der Waals surface area contributed by atoms with E-state index in [1.54, 1.807) is 0 Å². The van der Waals surface area contributed by atoms with Gasteiger partial charge in [0, 0.05) is 40.5 Å². The molecule has 0 radical (unpaired) electrons. The Balaban J connectivity index is 1.27. The molecule has 1 aliphatic rings. The number of anilines is 4. The van der Waals surface area contributed by atoms with Gasteiger partial charge in [-0.15, -0.1) is 0 Å². The molecule has 0 N–H and O–H groups in total. The maximum Gasteiger partial charge on any atom is 0.137 e. The van der Waals surface area contributed by atoms with E-state index in [-0.39, 0.29) is 27.1 Å². The molecule has 0 unspecified atom stereocenters. The standard InChI is InChI=1S/C56H66N4O/c1-52(2,3)36-17-16-18-41(27-36)58-35-59(50-31-38(54(7,8)9)20-24-47(50)58)42-28-40(56(13,14)15)29-44(33-42)61-43-21-23-46-45-22-19-37(53(4,5)6)30-48(45)60(49(46)34-43)51-32-39(25-26-57-51)55(10,11)12/h16-34H,35H2,1-15H3. The van der Waals surface area contributed by atoms with Crippen LogP contribution in [0.15, 0.2) is 115 Å². The van der Waals surface area contributed by atoms with Crippen molar-refractivity contribution >= 4 is 44.6 Å². The van der Waals surface area contributed by atoms with Crippen LogP contribution in [0.2, 0.25) is 0 Å². The highest BCUT2D eigenvalue weighted by molar-refractivity contribution is 6.09. The van der Waals surface area contributed by atoms with Gasteiger partial charge in [0.25, 0.3) is 0 Å². The monoisotopic (exact) mass is 811 g/mol. The van der Waals surface area contributed by atoms with Crippen molar-refractivity contribution in [3.8, 4) is 17.3 Å². The molecule has 0 aliphatic carbocycles. The Labute approximate surface area is 365 Å². The van der Waals surface area contributed by atoms with E-state index in [4.69, 9.17) is 9.72 Å². The van der Waals surface area contributed by atoms with E-state index >= 15 is 0 Å². The molecule has 5 aromatic carbocycles. The summed E-state index contributed by atoms with van der Waals surface area (Å²) in [6, 6.07) is 40.7. The predicted octanol–water partition coefficient (Wildman–Crippen LogP) is 15.7. The molecule has 5 nitrogen and oxygen atoms in total. The third-order valence-corrected chi connectivity index (χ3v) is 12.5. The SMILES string of the molecule is CC(C)(C)c1cccc(N2CN(c3cc(Oc4ccc5c6ccc(C(C)(C)C)cc6n(-c6cc(C(C)(C)C)ccn6)c5c4)cc(C(C)(C)C)c3)c3cc(C(C)(C)C)ccc32)c1. The number of benzene rings is 5. The number of pyridine rings is 1. The van der Waals surface area contributed by atoms with Gasteiger partial charge in [-0.25, -0.2) is 4.98 Å². The molecule has 3 heterocycles. The fraction of sp³-hybridized carbons (Fsp3) is 0.375. The van der Waals surface area contributed by atoms with Gasteiger partial charge in [-0.3, -0.25) is 4.57 Å². The van der Waals surface area contributed by atoms with Crippen LogP contribution in [0.5, 0.6) is 11.5 Å². The topological polar surface area (TPSA) is 33.5 Å². The Morgan fingerprint density at radius 3 is 1.62 bits per heavy atom. The van der Waals surface area contributed by atoms with Crippen LogP contribution in [0.4, 0.5) is 22.7 Å². The highest BCUT2D eigenvalue weighted by Crippen LogP contribution is 2.48. The summed E-state index contributed by atoms with van der Waals surface area (Å²) in [6.07, 6.45) is 1.95. The first kappa shape index (κ1) is 42.2. The van der Waals surface area contributed by atoms with Crippen LogP contribution < -0.4 is 14.5 Å². The van der Waals surface area contributed by atoms with Gasteiger partial charge >= 0.3 is 0 Å². The van der Waals surface area contributed by atoms with Gasteiger partial charge in [0.2, 0.25) is 0 Å². The lowest BCUT2D eigenvalue weighted by atomic mass is 9.86. The van der Waals surface area contributed by atoms with Gasteiger partial charge < -0.3 is 14.5 Å². The van der Waals surface area contributed by atoms with Crippen molar-refractivity contribution in [2.24, 2.45) is 0 Å². The van der Waals surface area contributed by atoms with E-state index in [2.05, 4.69) is 227 Å². The zero-order chi connectivity index (χ0) is 44.0. The number of nitrogens with zero attached hydrogens (tertiary/aromatic N) is 4. The van der Waals surface area contributed by atoms with Crippen LogP contribution >= 0.6 is 0 Å². The first-order chi connectivity index (χ1) is 28.4. The zero-order valence-corrected chi connectivity index (χ0v) is 39.4. The van der Waals surface area contributed by atoms with E-state index in [0.29, 0.717) is 6.67 Å². The van der Waals surface area contributed by atoms with Crippen LogP contribution in [0, 0.1) is 0 Å². The molecule has 0 fully saturated rings. The van der Waals surface area contributed by atoms with Crippen molar-refractivity contribution in [3.63, 3.8) is 0 Å². The van der Waals surface area contributed by atoms with Gasteiger partial charge in [0.1, 0.15) is 24.0 Å².